The van der Waals surface area contributed by atoms with E-state index in [2.05, 4.69) is 10.5 Å². The lowest BCUT2D eigenvalue weighted by molar-refractivity contribution is -0.125. The maximum atomic E-state index is 13.3. The number of hydrogen-bond acceptors (Lipinski definition) is 5. The summed E-state index contributed by atoms with van der Waals surface area (Å²) in [5.41, 5.74) is 1.64. The van der Waals surface area contributed by atoms with E-state index >= 15 is 0 Å². The van der Waals surface area contributed by atoms with Crippen LogP contribution in [0, 0.1) is 5.82 Å². The van der Waals surface area contributed by atoms with Gasteiger partial charge in [0.2, 0.25) is 6.10 Å². The zero-order valence-corrected chi connectivity index (χ0v) is 13.4. The Hall–Kier alpha value is -3.48. The fourth-order valence-corrected chi connectivity index (χ4v) is 2.73. The lowest BCUT2D eigenvalue weighted by Gasteiger charge is -2.10. The molecular formula is C19H13FN2O4. The van der Waals surface area contributed by atoms with Crippen molar-refractivity contribution in [2.45, 2.75) is 12.5 Å². The summed E-state index contributed by atoms with van der Waals surface area (Å²) < 4.78 is 18.4. The number of benzene rings is 2. The molecule has 3 aromatic rings. The quantitative estimate of drug-likeness (QED) is 0.735. The molecule has 1 aromatic heterocycles. The Kier molecular flexibility index (Phi) is 3.96. The first-order valence-corrected chi connectivity index (χ1v) is 7.92. The molecule has 26 heavy (non-hydrogen) atoms. The zero-order valence-electron chi connectivity index (χ0n) is 13.4. The number of hydrogen-bond donors (Lipinski definition) is 1. The molecule has 4 rings (SSSR count). The number of oxime groups is 1. The molecule has 1 aliphatic heterocycles. The molecule has 7 heteroatoms. The van der Waals surface area contributed by atoms with Gasteiger partial charge in [-0.05, 0) is 36.4 Å². The summed E-state index contributed by atoms with van der Waals surface area (Å²) in [5.74, 6) is -0.738. The van der Waals surface area contributed by atoms with Gasteiger partial charge in [0.15, 0.2) is 0 Å². The number of anilines is 1. The number of amides is 1. The van der Waals surface area contributed by atoms with Gasteiger partial charge in [0, 0.05) is 29.1 Å². The SMILES string of the molecule is O=C(Nc1ccc2oc(=O)ccc2c1)[C@@H]1CC(c2cccc(F)c2)=NO1. The van der Waals surface area contributed by atoms with Crippen molar-refractivity contribution in [2.24, 2.45) is 5.16 Å². The molecule has 1 atom stereocenters. The number of carbonyl (C=O) groups is 1. The minimum Gasteiger partial charge on any atom is -0.423 e. The van der Waals surface area contributed by atoms with Crippen LogP contribution in [0.15, 0.2) is 69.0 Å². The highest BCUT2D eigenvalue weighted by molar-refractivity contribution is 6.06. The molecule has 0 saturated heterocycles. The van der Waals surface area contributed by atoms with Crippen LogP contribution in [0.1, 0.15) is 12.0 Å². The molecule has 0 radical (unpaired) electrons. The highest BCUT2D eigenvalue weighted by Gasteiger charge is 2.29. The topological polar surface area (TPSA) is 80.9 Å². The average Bonchev–Trinajstić information content (AvgIpc) is 3.12. The summed E-state index contributed by atoms with van der Waals surface area (Å²) in [4.78, 5) is 28.8. The van der Waals surface area contributed by atoms with Crippen LogP contribution in [-0.2, 0) is 9.63 Å². The molecule has 130 valence electrons. The minimum atomic E-state index is -0.794. The van der Waals surface area contributed by atoms with Crippen molar-refractivity contribution >= 4 is 28.3 Å². The molecule has 1 amide bonds. The van der Waals surface area contributed by atoms with Crippen molar-refractivity contribution in [2.75, 3.05) is 5.32 Å². The Morgan fingerprint density at radius 2 is 2.04 bits per heavy atom. The molecule has 0 aliphatic carbocycles. The second kappa shape index (κ2) is 6.44. The van der Waals surface area contributed by atoms with E-state index in [-0.39, 0.29) is 18.1 Å². The number of nitrogens with zero attached hydrogens (tertiary/aromatic N) is 1. The standard InChI is InChI=1S/C19H13FN2O4/c20-13-3-1-2-11(8-13)15-10-17(26-22-15)19(24)21-14-5-6-16-12(9-14)4-7-18(23)25-16/h1-9,17H,10H2,(H,21,24)/t17-/m0/s1. The Morgan fingerprint density at radius 1 is 1.15 bits per heavy atom. The van der Waals surface area contributed by atoms with E-state index in [9.17, 15) is 14.0 Å². The zero-order chi connectivity index (χ0) is 18.1. The maximum Gasteiger partial charge on any atom is 0.336 e. The fraction of sp³-hybridized carbons (Fsp3) is 0.105. The number of rotatable bonds is 3. The Morgan fingerprint density at radius 3 is 2.88 bits per heavy atom. The van der Waals surface area contributed by atoms with E-state index < -0.39 is 11.7 Å². The van der Waals surface area contributed by atoms with Crippen LogP contribution >= 0.6 is 0 Å². The molecule has 1 aliphatic rings. The van der Waals surface area contributed by atoms with Gasteiger partial charge >= 0.3 is 5.63 Å². The van der Waals surface area contributed by atoms with Gasteiger partial charge in [0.1, 0.15) is 11.4 Å². The molecule has 2 heterocycles. The lowest BCUT2D eigenvalue weighted by Crippen LogP contribution is -2.28. The van der Waals surface area contributed by atoms with Crippen molar-refractivity contribution in [1.29, 1.82) is 0 Å². The smallest absolute Gasteiger partial charge is 0.336 e. The van der Waals surface area contributed by atoms with Crippen molar-refractivity contribution in [3.05, 3.63) is 76.4 Å². The average molecular weight is 352 g/mol. The first-order chi connectivity index (χ1) is 12.6. The second-order valence-corrected chi connectivity index (χ2v) is 5.84. The van der Waals surface area contributed by atoms with E-state index in [1.165, 1.54) is 18.2 Å². The lowest BCUT2D eigenvalue weighted by atomic mass is 10.0. The minimum absolute atomic E-state index is 0.248. The summed E-state index contributed by atoms with van der Waals surface area (Å²) in [6.45, 7) is 0. The summed E-state index contributed by atoms with van der Waals surface area (Å²) in [5, 5.41) is 7.32. The van der Waals surface area contributed by atoms with Crippen LogP contribution < -0.4 is 10.9 Å². The summed E-state index contributed by atoms with van der Waals surface area (Å²) >= 11 is 0. The van der Waals surface area contributed by atoms with Gasteiger partial charge in [-0.3, -0.25) is 4.79 Å². The highest BCUT2D eigenvalue weighted by atomic mass is 19.1. The third-order valence-corrected chi connectivity index (χ3v) is 4.01. The summed E-state index contributed by atoms with van der Waals surface area (Å²) in [6.07, 6.45) is -0.546. The molecule has 1 N–H and O–H groups in total. The van der Waals surface area contributed by atoms with E-state index in [0.717, 1.165) is 0 Å². The third-order valence-electron chi connectivity index (χ3n) is 4.01. The van der Waals surface area contributed by atoms with Crippen molar-refractivity contribution < 1.29 is 18.4 Å². The fourth-order valence-electron chi connectivity index (χ4n) is 2.73. The first kappa shape index (κ1) is 16.0. The van der Waals surface area contributed by atoms with E-state index in [1.54, 1.807) is 36.4 Å². The molecule has 0 unspecified atom stereocenters. The van der Waals surface area contributed by atoms with Crippen LogP contribution in [0.4, 0.5) is 10.1 Å². The van der Waals surface area contributed by atoms with Crippen LogP contribution in [0.5, 0.6) is 0 Å². The third kappa shape index (κ3) is 3.19. The molecule has 0 saturated carbocycles. The van der Waals surface area contributed by atoms with Crippen LogP contribution in [-0.4, -0.2) is 17.7 Å². The number of halogens is 1. The molecule has 0 spiro atoms. The monoisotopic (exact) mass is 352 g/mol. The van der Waals surface area contributed by atoms with Gasteiger partial charge < -0.3 is 14.6 Å². The summed E-state index contributed by atoms with van der Waals surface area (Å²) in [7, 11) is 0. The van der Waals surface area contributed by atoms with Crippen LogP contribution in [0.2, 0.25) is 0 Å². The molecule has 2 aromatic carbocycles. The highest BCUT2D eigenvalue weighted by Crippen LogP contribution is 2.21. The summed E-state index contributed by atoms with van der Waals surface area (Å²) in [6, 6.07) is 13.8. The van der Waals surface area contributed by atoms with Gasteiger partial charge in [-0.1, -0.05) is 17.3 Å². The van der Waals surface area contributed by atoms with E-state index in [4.69, 9.17) is 9.25 Å². The van der Waals surface area contributed by atoms with Crippen LogP contribution in [0.25, 0.3) is 11.0 Å². The number of fused-ring (bicyclic) bond motifs is 1. The van der Waals surface area contributed by atoms with E-state index in [0.29, 0.717) is 27.9 Å². The molecule has 6 nitrogen and oxygen atoms in total. The first-order valence-electron chi connectivity index (χ1n) is 7.92. The maximum absolute atomic E-state index is 13.3. The van der Waals surface area contributed by atoms with Gasteiger partial charge in [0.25, 0.3) is 5.91 Å². The van der Waals surface area contributed by atoms with Crippen molar-refractivity contribution in [3.8, 4) is 0 Å². The second-order valence-electron chi connectivity index (χ2n) is 5.84. The predicted octanol–water partition coefficient (Wildman–Crippen LogP) is 3.06. The van der Waals surface area contributed by atoms with Crippen molar-refractivity contribution in [3.63, 3.8) is 0 Å². The number of nitrogens with one attached hydrogen (secondary N) is 1. The van der Waals surface area contributed by atoms with Gasteiger partial charge in [0.05, 0.1) is 5.71 Å². The Labute approximate surface area is 146 Å². The van der Waals surface area contributed by atoms with Gasteiger partial charge in [-0.25, -0.2) is 9.18 Å². The number of carbonyl (C=O) groups excluding carboxylic acids is 1. The van der Waals surface area contributed by atoms with E-state index in [1.807, 2.05) is 0 Å². The molecular weight excluding hydrogens is 339 g/mol. The van der Waals surface area contributed by atoms with Crippen LogP contribution in [0.3, 0.4) is 0 Å². The Bertz CT molecular complexity index is 1090. The van der Waals surface area contributed by atoms with Crippen molar-refractivity contribution in [1.82, 2.24) is 0 Å². The van der Waals surface area contributed by atoms with Gasteiger partial charge in [-0.15, -0.1) is 0 Å². The van der Waals surface area contributed by atoms with Gasteiger partial charge in [-0.2, -0.15) is 0 Å². The molecule has 0 fully saturated rings. The largest absolute Gasteiger partial charge is 0.423 e. The molecule has 0 bridgehead atoms. The normalized spacial score (nSPS) is 16.2. The predicted molar refractivity (Wildman–Crippen MR) is 93.5 cm³/mol. The Balaban J connectivity index is 1.46.